The zero-order valence-electron chi connectivity index (χ0n) is 14.2. The molecule has 0 N–H and O–H groups in total. The first kappa shape index (κ1) is 17.7. The lowest BCUT2D eigenvalue weighted by molar-refractivity contribution is -0.123. The van der Waals surface area contributed by atoms with Crippen LogP contribution in [0.25, 0.3) is 0 Å². The minimum Gasteiger partial charge on any atom is -0.303 e. The SMILES string of the molecule is CC(C)CCN(CCC(C)C)CC1CCCCCC1=O. The molecule has 0 saturated heterocycles. The molecule has 0 radical (unpaired) electrons. The second-order valence-electron chi connectivity index (χ2n) is 7.43. The fourth-order valence-electron chi connectivity index (χ4n) is 2.91. The fraction of sp³-hybridized carbons (Fsp3) is 0.944. The van der Waals surface area contributed by atoms with Crippen LogP contribution in [0.4, 0.5) is 0 Å². The van der Waals surface area contributed by atoms with Crippen LogP contribution in [0.2, 0.25) is 0 Å². The first-order valence-corrected chi connectivity index (χ1v) is 8.74. The van der Waals surface area contributed by atoms with E-state index in [4.69, 9.17) is 0 Å². The number of carbonyl (C=O) groups is 1. The smallest absolute Gasteiger partial charge is 0.137 e. The maximum atomic E-state index is 12.2. The molecule has 2 heteroatoms. The van der Waals surface area contributed by atoms with Gasteiger partial charge in [-0.15, -0.1) is 0 Å². The van der Waals surface area contributed by atoms with Gasteiger partial charge in [0.1, 0.15) is 5.78 Å². The van der Waals surface area contributed by atoms with E-state index in [9.17, 15) is 4.79 Å². The molecule has 1 rings (SSSR count). The fourth-order valence-corrected chi connectivity index (χ4v) is 2.91. The zero-order valence-corrected chi connectivity index (χ0v) is 14.2. The van der Waals surface area contributed by atoms with Crippen molar-refractivity contribution in [1.82, 2.24) is 4.90 Å². The molecule has 1 saturated carbocycles. The Morgan fingerprint density at radius 1 is 1.00 bits per heavy atom. The molecule has 0 spiro atoms. The predicted molar refractivity (Wildman–Crippen MR) is 86.9 cm³/mol. The Bertz CT molecular complexity index is 261. The van der Waals surface area contributed by atoms with Crippen LogP contribution < -0.4 is 0 Å². The van der Waals surface area contributed by atoms with Crippen molar-refractivity contribution in [2.24, 2.45) is 17.8 Å². The van der Waals surface area contributed by atoms with E-state index in [0.29, 0.717) is 11.7 Å². The molecule has 20 heavy (non-hydrogen) atoms. The maximum absolute atomic E-state index is 12.2. The second-order valence-corrected chi connectivity index (χ2v) is 7.43. The van der Waals surface area contributed by atoms with Gasteiger partial charge in [-0.2, -0.15) is 0 Å². The summed E-state index contributed by atoms with van der Waals surface area (Å²) in [5.74, 6) is 2.35. The highest BCUT2D eigenvalue weighted by molar-refractivity contribution is 5.81. The molecule has 118 valence electrons. The van der Waals surface area contributed by atoms with Crippen LogP contribution in [0.5, 0.6) is 0 Å². The summed E-state index contributed by atoms with van der Waals surface area (Å²) < 4.78 is 0. The molecule has 1 aliphatic rings. The lowest BCUT2D eigenvalue weighted by atomic mass is 9.97. The Morgan fingerprint density at radius 2 is 1.60 bits per heavy atom. The number of rotatable bonds is 8. The van der Waals surface area contributed by atoms with Gasteiger partial charge in [0.15, 0.2) is 0 Å². The van der Waals surface area contributed by atoms with E-state index in [0.717, 1.165) is 50.7 Å². The molecule has 0 aromatic rings. The molecule has 0 heterocycles. The molecule has 1 fully saturated rings. The first-order valence-electron chi connectivity index (χ1n) is 8.74. The third kappa shape index (κ3) is 7.42. The average Bonchev–Trinajstić information content (AvgIpc) is 2.57. The van der Waals surface area contributed by atoms with E-state index in [-0.39, 0.29) is 0 Å². The van der Waals surface area contributed by atoms with Gasteiger partial charge in [-0.1, -0.05) is 40.5 Å². The summed E-state index contributed by atoms with van der Waals surface area (Å²) in [5.41, 5.74) is 0. The number of hydrogen-bond acceptors (Lipinski definition) is 2. The molecule has 1 aliphatic carbocycles. The average molecular weight is 281 g/mol. The number of Topliss-reactive ketones (excluding diaryl/α,β-unsaturated/α-hetero) is 1. The van der Waals surface area contributed by atoms with Crippen molar-refractivity contribution in [3.63, 3.8) is 0 Å². The molecule has 0 bridgehead atoms. The number of carbonyl (C=O) groups excluding carboxylic acids is 1. The highest BCUT2D eigenvalue weighted by atomic mass is 16.1. The standard InChI is InChI=1S/C18H35NO/c1-15(2)10-12-19(13-11-16(3)4)14-17-8-6-5-7-9-18(17)20/h15-17H,5-14H2,1-4H3. The van der Waals surface area contributed by atoms with Gasteiger partial charge in [0.2, 0.25) is 0 Å². The quantitative estimate of drug-likeness (QED) is 0.609. The molecule has 0 aromatic carbocycles. The van der Waals surface area contributed by atoms with Crippen molar-refractivity contribution in [1.29, 1.82) is 0 Å². The molecule has 1 atom stereocenters. The molecule has 2 nitrogen and oxygen atoms in total. The van der Waals surface area contributed by atoms with Gasteiger partial charge < -0.3 is 4.90 Å². The normalized spacial score (nSPS) is 20.9. The van der Waals surface area contributed by atoms with Crippen molar-refractivity contribution in [3.05, 3.63) is 0 Å². The lowest BCUT2D eigenvalue weighted by Crippen LogP contribution is -2.35. The van der Waals surface area contributed by atoms with Crippen molar-refractivity contribution in [2.45, 2.75) is 72.6 Å². The largest absolute Gasteiger partial charge is 0.303 e. The van der Waals surface area contributed by atoms with Crippen LogP contribution in [0.15, 0.2) is 0 Å². The zero-order chi connectivity index (χ0) is 15.0. The highest BCUT2D eigenvalue weighted by Crippen LogP contribution is 2.21. The van der Waals surface area contributed by atoms with Crippen LogP contribution in [0.3, 0.4) is 0 Å². The number of hydrogen-bond donors (Lipinski definition) is 0. The Labute approximate surface area is 126 Å². The summed E-state index contributed by atoms with van der Waals surface area (Å²) in [5, 5.41) is 0. The van der Waals surface area contributed by atoms with E-state index in [1.807, 2.05) is 0 Å². The minimum absolute atomic E-state index is 0.317. The summed E-state index contributed by atoms with van der Waals surface area (Å²) >= 11 is 0. The van der Waals surface area contributed by atoms with Crippen molar-refractivity contribution in [2.75, 3.05) is 19.6 Å². The van der Waals surface area contributed by atoms with E-state index in [1.54, 1.807) is 0 Å². The molecular weight excluding hydrogens is 246 g/mol. The maximum Gasteiger partial charge on any atom is 0.137 e. The predicted octanol–water partition coefficient (Wildman–Crippen LogP) is 4.53. The van der Waals surface area contributed by atoms with Crippen LogP contribution in [0.1, 0.15) is 72.6 Å². The second kappa shape index (κ2) is 9.55. The summed E-state index contributed by atoms with van der Waals surface area (Å²) in [6, 6.07) is 0. The van der Waals surface area contributed by atoms with Crippen LogP contribution in [0, 0.1) is 17.8 Å². The van der Waals surface area contributed by atoms with Crippen LogP contribution >= 0.6 is 0 Å². The van der Waals surface area contributed by atoms with Gasteiger partial charge in [-0.25, -0.2) is 0 Å². The van der Waals surface area contributed by atoms with Gasteiger partial charge in [-0.3, -0.25) is 4.79 Å². The Kier molecular flexibility index (Phi) is 8.44. The minimum atomic E-state index is 0.317. The van der Waals surface area contributed by atoms with Crippen LogP contribution in [-0.2, 0) is 4.79 Å². The van der Waals surface area contributed by atoms with Gasteiger partial charge in [0.05, 0.1) is 0 Å². The van der Waals surface area contributed by atoms with Crippen molar-refractivity contribution >= 4 is 5.78 Å². The van der Waals surface area contributed by atoms with E-state index in [1.165, 1.54) is 25.7 Å². The molecule has 0 aromatic heterocycles. The monoisotopic (exact) mass is 281 g/mol. The van der Waals surface area contributed by atoms with E-state index >= 15 is 0 Å². The van der Waals surface area contributed by atoms with E-state index in [2.05, 4.69) is 32.6 Å². The van der Waals surface area contributed by atoms with Crippen molar-refractivity contribution in [3.8, 4) is 0 Å². The first-order chi connectivity index (χ1) is 9.49. The summed E-state index contributed by atoms with van der Waals surface area (Å²) in [7, 11) is 0. The third-order valence-corrected chi connectivity index (χ3v) is 4.46. The Hall–Kier alpha value is -0.370. The van der Waals surface area contributed by atoms with Gasteiger partial charge in [0.25, 0.3) is 0 Å². The van der Waals surface area contributed by atoms with Gasteiger partial charge in [-0.05, 0) is 50.6 Å². The number of ketones is 1. The topological polar surface area (TPSA) is 20.3 Å². The molecule has 0 amide bonds. The van der Waals surface area contributed by atoms with Crippen LogP contribution in [-0.4, -0.2) is 30.3 Å². The highest BCUT2D eigenvalue weighted by Gasteiger charge is 2.23. The lowest BCUT2D eigenvalue weighted by Gasteiger charge is -2.27. The summed E-state index contributed by atoms with van der Waals surface area (Å²) in [6.45, 7) is 12.5. The van der Waals surface area contributed by atoms with Gasteiger partial charge >= 0.3 is 0 Å². The third-order valence-electron chi connectivity index (χ3n) is 4.46. The van der Waals surface area contributed by atoms with Gasteiger partial charge in [0, 0.05) is 18.9 Å². The number of nitrogens with zero attached hydrogens (tertiary/aromatic N) is 1. The molecule has 0 aliphatic heterocycles. The Balaban J connectivity index is 2.49. The van der Waals surface area contributed by atoms with E-state index < -0.39 is 0 Å². The molecule has 1 unspecified atom stereocenters. The Morgan fingerprint density at radius 3 is 2.15 bits per heavy atom. The summed E-state index contributed by atoms with van der Waals surface area (Å²) in [4.78, 5) is 14.8. The van der Waals surface area contributed by atoms with Crippen molar-refractivity contribution < 1.29 is 4.79 Å². The molecular formula is C18H35NO. The summed E-state index contributed by atoms with van der Waals surface area (Å²) in [6.07, 6.45) is 8.07.